The van der Waals surface area contributed by atoms with E-state index in [0.717, 1.165) is 35.6 Å². The van der Waals surface area contributed by atoms with Crippen molar-refractivity contribution in [2.24, 2.45) is 0 Å². The Labute approximate surface area is 184 Å². The molecule has 0 radical (unpaired) electrons. The summed E-state index contributed by atoms with van der Waals surface area (Å²) in [7, 11) is 1.64. The number of rotatable bonds is 7. The molecule has 1 unspecified atom stereocenters. The standard InChI is InChI=1S/C21H26BrN3O3S/c1-15-12-25(8-9-28-15)13-17-5-3-4-16(10-17)11-23-20(26)14-24(2)21(27)18-6-7-19(22)29-18/h3-7,10,15H,8-9,11-14H2,1-2H3,(H,23,26). The van der Waals surface area contributed by atoms with Crippen LogP contribution >= 0.6 is 27.3 Å². The van der Waals surface area contributed by atoms with Crippen LogP contribution in [0.4, 0.5) is 0 Å². The number of thiophene rings is 1. The first-order valence-corrected chi connectivity index (χ1v) is 11.2. The number of nitrogens with zero attached hydrogens (tertiary/aromatic N) is 2. The number of nitrogens with one attached hydrogen (secondary N) is 1. The topological polar surface area (TPSA) is 61.9 Å². The molecule has 0 saturated carbocycles. The molecule has 2 aromatic rings. The number of hydrogen-bond acceptors (Lipinski definition) is 5. The van der Waals surface area contributed by atoms with Gasteiger partial charge >= 0.3 is 0 Å². The van der Waals surface area contributed by atoms with Crippen molar-refractivity contribution in [1.82, 2.24) is 15.1 Å². The van der Waals surface area contributed by atoms with E-state index in [1.807, 2.05) is 18.2 Å². The van der Waals surface area contributed by atoms with E-state index in [0.29, 0.717) is 11.4 Å². The van der Waals surface area contributed by atoms with Gasteiger partial charge in [-0.1, -0.05) is 24.3 Å². The van der Waals surface area contributed by atoms with Gasteiger partial charge in [-0.25, -0.2) is 0 Å². The molecule has 0 spiro atoms. The lowest BCUT2D eigenvalue weighted by Gasteiger charge is -2.31. The molecule has 0 bridgehead atoms. The van der Waals surface area contributed by atoms with Crippen LogP contribution < -0.4 is 5.32 Å². The van der Waals surface area contributed by atoms with Crippen LogP contribution in [0.25, 0.3) is 0 Å². The minimum Gasteiger partial charge on any atom is -0.376 e. The van der Waals surface area contributed by atoms with Gasteiger partial charge in [-0.2, -0.15) is 0 Å². The molecule has 2 amide bonds. The summed E-state index contributed by atoms with van der Waals surface area (Å²) < 4.78 is 6.49. The van der Waals surface area contributed by atoms with Gasteiger partial charge in [0.25, 0.3) is 5.91 Å². The molecule has 3 rings (SSSR count). The molecule has 0 aliphatic carbocycles. The maximum Gasteiger partial charge on any atom is 0.264 e. The highest BCUT2D eigenvalue weighted by Crippen LogP contribution is 2.23. The number of halogens is 1. The Morgan fingerprint density at radius 1 is 1.31 bits per heavy atom. The molecule has 1 aromatic heterocycles. The Morgan fingerprint density at radius 3 is 2.83 bits per heavy atom. The predicted octanol–water partition coefficient (Wildman–Crippen LogP) is 3.12. The van der Waals surface area contributed by atoms with Crippen molar-refractivity contribution in [3.63, 3.8) is 0 Å². The fourth-order valence-corrected chi connectivity index (χ4v) is 4.67. The molecule has 1 aromatic carbocycles. The van der Waals surface area contributed by atoms with Crippen molar-refractivity contribution in [2.45, 2.75) is 26.1 Å². The molecular formula is C21H26BrN3O3S. The van der Waals surface area contributed by atoms with Gasteiger partial charge in [0.15, 0.2) is 0 Å². The highest BCUT2D eigenvalue weighted by Gasteiger charge is 2.18. The van der Waals surface area contributed by atoms with Crippen LogP contribution in [-0.2, 0) is 22.6 Å². The third kappa shape index (κ3) is 6.64. The lowest BCUT2D eigenvalue weighted by atomic mass is 10.1. The van der Waals surface area contributed by atoms with Crippen LogP contribution in [0.3, 0.4) is 0 Å². The zero-order chi connectivity index (χ0) is 20.8. The lowest BCUT2D eigenvalue weighted by Crippen LogP contribution is -2.40. The van der Waals surface area contributed by atoms with Gasteiger partial charge in [-0.05, 0) is 46.1 Å². The molecule has 1 aliphatic rings. The van der Waals surface area contributed by atoms with Crippen molar-refractivity contribution < 1.29 is 14.3 Å². The summed E-state index contributed by atoms with van der Waals surface area (Å²) in [6, 6.07) is 11.8. The minimum atomic E-state index is -0.177. The normalized spacial score (nSPS) is 17.1. The van der Waals surface area contributed by atoms with Gasteiger partial charge < -0.3 is 15.0 Å². The van der Waals surface area contributed by atoms with Crippen LogP contribution in [0, 0.1) is 0 Å². The molecule has 1 fully saturated rings. The van der Waals surface area contributed by atoms with Crippen LogP contribution in [0.15, 0.2) is 40.2 Å². The first-order valence-electron chi connectivity index (χ1n) is 9.60. The Kier molecular flexibility index (Phi) is 7.83. The van der Waals surface area contributed by atoms with Crippen LogP contribution in [-0.4, -0.2) is 61.0 Å². The fourth-order valence-electron chi connectivity index (χ4n) is 3.29. The zero-order valence-corrected chi connectivity index (χ0v) is 19.1. The third-order valence-electron chi connectivity index (χ3n) is 4.72. The third-order valence-corrected chi connectivity index (χ3v) is 6.34. The molecule has 29 heavy (non-hydrogen) atoms. The molecule has 156 valence electrons. The number of ether oxygens (including phenoxy) is 1. The van der Waals surface area contributed by atoms with Crippen molar-refractivity contribution in [1.29, 1.82) is 0 Å². The Morgan fingerprint density at radius 2 is 2.10 bits per heavy atom. The highest BCUT2D eigenvalue weighted by molar-refractivity contribution is 9.11. The highest BCUT2D eigenvalue weighted by atomic mass is 79.9. The number of benzene rings is 1. The summed E-state index contributed by atoms with van der Waals surface area (Å²) in [5.74, 6) is -0.332. The van der Waals surface area contributed by atoms with Crippen molar-refractivity contribution in [3.8, 4) is 0 Å². The lowest BCUT2D eigenvalue weighted by molar-refractivity contribution is -0.121. The summed E-state index contributed by atoms with van der Waals surface area (Å²) in [4.78, 5) is 29.0. The van der Waals surface area contributed by atoms with Gasteiger partial charge in [0.05, 0.1) is 27.9 Å². The van der Waals surface area contributed by atoms with E-state index in [-0.39, 0.29) is 24.5 Å². The van der Waals surface area contributed by atoms with E-state index in [9.17, 15) is 9.59 Å². The van der Waals surface area contributed by atoms with E-state index in [2.05, 4.69) is 45.2 Å². The van der Waals surface area contributed by atoms with Gasteiger partial charge in [0.1, 0.15) is 0 Å². The summed E-state index contributed by atoms with van der Waals surface area (Å²) in [5, 5.41) is 2.91. The Balaban J connectivity index is 1.47. The number of morpholine rings is 1. The smallest absolute Gasteiger partial charge is 0.264 e. The quantitative estimate of drug-likeness (QED) is 0.662. The van der Waals surface area contributed by atoms with Gasteiger partial charge in [0, 0.05) is 33.2 Å². The van der Waals surface area contributed by atoms with E-state index in [1.54, 1.807) is 13.1 Å². The minimum absolute atomic E-state index is 0.0275. The summed E-state index contributed by atoms with van der Waals surface area (Å²) >= 11 is 4.71. The van der Waals surface area contributed by atoms with E-state index in [4.69, 9.17) is 4.74 Å². The van der Waals surface area contributed by atoms with Crippen molar-refractivity contribution in [3.05, 3.63) is 56.2 Å². The second kappa shape index (κ2) is 10.3. The average Bonchev–Trinajstić information content (AvgIpc) is 3.12. The van der Waals surface area contributed by atoms with Gasteiger partial charge in [-0.3, -0.25) is 14.5 Å². The number of hydrogen-bond donors (Lipinski definition) is 1. The summed E-state index contributed by atoms with van der Waals surface area (Å²) in [6.45, 7) is 6.08. The maximum absolute atomic E-state index is 12.3. The van der Waals surface area contributed by atoms with Crippen molar-refractivity contribution in [2.75, 3.05) is 33.3 Å². The van der Waals surface area contributed by atoms with Gasteiger partial charge in [0.2, 0.25) is 5.91 Å². The molecular weight excluding hydrogens is 454 g/mol. The van der Waals surface area contributed by atoms with Crippen LogP contribution in [0.5, 0.6) is 0 Å². The van der Waals surface area contributed by atoms with E-state index in [1.165, 1.54) is 21.8 Å². The second-order valence-electron chi connectivity index (χ2n) is 7.28. The zero-order valence-electron chi connectivity index (χ0n) is 16.7. The van der Waals surface area contributed by atoms with Gasteiger partial charge in [-0.15, -0.1) is 11.3 Å². The average molecular weight is 480 g/mol. The number of carbonyl (C=O) groups excluding carboxylic acids is 2. The van der Waals surface area contributed by atoms with Crippen LogP contribution in [0.2, 0.25) is 0 Å². The molecule has 1 saturated heterocycles. The van der Waals surface area contributed by atoms with Crippen molar-refractivity contribution >= 4 is 39.1 Å². The van der Waals surface area contributed by atoms with E-state index < -0.39 is 0 Å². The molecule has 8 heteroatoms. The monoisotopic (exact) mass is 479 g/mol. The fraction of sp³-hybridized carbons (Fsp3) is 0.429. The maximum atomic E-state index is 12.3. The van der Waals surface area contributed by atoms with E-state index >= 15 is 0 Å². The Hall–Kier alpha value is -1.74. The SMILES string of the molecule is CC1CN(Cc2cccc(CNC(=O)CN(C)C(=O)c3ccc(Br)s3)c2)CCO1. The molecule has 1 aliphatic heterocycles. The Bertz CT molecular complexity index is 857. The first kappa shape index (κ1) is 22.0. The summed E-state index contributed by atoms with van der Waals surface area (Å²) in [6.07, 6.45) is 0.265. The number of amides is 2. The molecule has 6 nitrogen and oxygen atoms in total. The number of likely N-dealkylation sites (N-methyl/N-ethyl adjacent to an activating group) is 1. The predicted molar refractivity (Wildman–Crippen MR) is 118 cm³/mol. The largest absolute Gasteiger partial charge is 0.376 e. The second-order valence-corrected chi connectivity index (χ2v) is 9.74. The molecule has 1 atom stereocenters. The molecule has 2 heterocycles. The number of carbonyl (C=O) groups is 2. The molecule has 1 N–H and O–H groups in total. The van der Waals surface area contributed by atoms with Crippen LogP contribution in [0.1, 0.15) is 27.7 Å². The first-order chi connectivity index (χ1) is 13.9. The summed E-state index contributed by atoms with van der Waals surface area (Å²) in [5.41, 5.74) is 2.27.